The van der Waals surface area contributed by atoms with Gasteiger partial charge in [0.05, 0.1) is 12.0 Å². The predicted octanol–water partition coefficient (Wildman–Crippen LogP) is 4.11. The Kier molecular flexibility index (Phi) is 5.46. The van der Waals surface area contributed by atoms with Crippen molar-refractivity contribution < 1.29 is 14.4 Å². The van der Waals surface area contributed by atoms with Crippen LogP contribution in [0.25, 0.3) is 0 Å². The molecule has 0 aliphatic heterocycles. The molecule has 0 spiro atoms. The molecular formula is C19H18N4O4. The molecule has 0 saturated heterocycles. The minimum Gasteiger partial charge on any atom is -0.497 e. The van der Waals surface area contributed by atoms with Crippen LogP contribution in [0.2, 0.25) is 0 Å². The molecule has 2 heterocycles. The molecule has 8 nitrogen and oxygen atoms in total. The highest BCUT2D eigenvalue weighted by molar-refractivity contribution is 5.47. The molecule has 3 rings (SSSR count). The smallest absolute Gasteiger partial charge is 0.290 e. The number of ether oxygens (including phenoxy) is 2. The van der Waals surface area contributed by atoms with Crippen LogP contribution in [0.1, 0.15) is 11.1 Å². The van der Waals surface area contributed by atoms with E-state index in [-0.39, 0.29) is 5.69 Å². The summed E-state index contributed by atoms with van der Waals surface area (Å²) in [7, 11) is 1.59. The van der Waals surface area contributed by atoms with Gasteiger partial charge in [-0.25, -0.2) is 9.97 Å². The van der Waals surface area contributed by atoms with E-state index in [1.807, 2.05) is 30.3 Å². The maximum Gasteiger partial charge on any atom is 0.290 e. The molecule has 138 valence electrons. The third-order valence-electron chi connectivity index (χ3n) is 3.85. The quantitative estimate of drug-likeness (QED) is 0.496. The van der Waals surface area contributed by atoms with Crippen molar-refractivity contribution in [3.63, 3.8) is 0 Å². The Morgan fingerprint density at radius 1 is 1.15 bits per heavy atom. The number of aryl methyl sites for hydroxylation is 1. The van der Waals surface area contributed by atoms with Gasteiger partial charge in [0.1, 0.15) is 23.5 Å². The van der Waals surface area contributed by atoms with Gasteiger partial charge in [0.25, 0.3) is 5.69 Å². The molecule has 0 aliphatic rings. The van der Waals surface area contributed by atoms with Gasteiger partial charge in [-0.2, -0.15) is 0 Å². The molecule has 3 aromatic rings. The second-order valence-electron chi connectivity index (χ2n) is 5.72. The molecule has 2 aromatic heterocycles. The molecule has 0 bridgehead atoms. The molecule has 0 aliphatic carbocycles. The van der Waals surface area contributed by atoms with Crippen LogP contribution in [-0.4, -0.2) is 22.0 Å². The minimum atomic E-state index is -0.451. The van der Waals surface area contributed by atoms with Crippen molar-refractivity contribution in [1.29, 1.82) is 0 Å². The zero-order valence-electron chi connectivity index (χ0n) is 14.9. The van der Waals surface area contributed by atoms with Crippen molar-refractivity contribution >= 4 is 11.5 Å². The van der Waals surface area contributed by atoms with Crippen molar-refractivity contribution in [1.82, 2.24) is 9.97 Å². The Balaban J connectivity index is 1.74. The number of methoxy groups -OCH3 is 1. The molecule has 27 heavy (non-hydrogen) atoms. The van der Waals surface area contributed by atoms with Crippen LogP contribution < -0.4 is 14.8 Å². The van der Waals surface area contributed by atoms with Crippen LogP contribution in [0.4, 0.5) is 11.5 Å². The zero-order valence-corrected chi connectivity index (χ0v) is 14.9. The van der Waals surface area contributed by atoms with Gasteiger partial charge in [0.2, 0.25) is 5.88 Å². The first kappa shape index (κ1) is 18.1. The summed E-state index contributed by atoms with van der Waals surface area (Å²) in [4.78, 5) is 18.8. The van der Waals surface area contributed by atoms with E-state index in [2.05, 4.69) is 15.3 Å². The normalized spacial score (nSPS) is 10.3. The SMILES string of the molecule is COc1cccc(Oc2ncccc2CNc2cc(C)c([N+](=O)[O-])cn2)c1. The van der Waals surface area contributed by atoms with Crippen molar-refractivity contribution in [3.8, 4) is 17.4 Å². The number of aromatic nitrogens is 2. The number of benzene rings is 1. The van der Waals surface area contributed by atoms with Crippen LogP contribution >= 0.6 is 0 Å². The van der Waals surface area contributed by atoms with Gasteiger partial charge in [-0.05, 0) is 31.2 Å². The number of anilines is 1. The van der Waals surface area contributed by atoms with E-state index in [4.69, 9.17) is 9.47 Å². The maximum absolute atomic E-state index is 10.9. The highest BCUT2D eigenvalue weighted by Gasteiger charge is 2.12. The first-order valence-electron chi connectivity index (χ1n) is 8.17. The van der Waals surface area contributed by atoms with Gasteiger partial charge in [-0.3, -0.25) is 10.1 Å². The molecule has 8 heteroatoms. The molecule has 1 aromatic carbocycles. The molecule has 0 saturated carbocycles. The van der Waals surface area contributed by atoms with Crippen LogP contribution in [0.5, 0.6) is 17.4 Å². The summed E-state index contributed by atoms with van der Waals surface area (Å²) in [5.41, 5.74) is 1.35. The highest BCUT2D eigenvalue weighted by atomic mass is 16.6. The topological polar surface area (TPSA) is 99.4 Å². The van der Waals surface area contributed by atoms with E-state index in [1.165, 1.54) is 6.20 Å². The number of nitrogens with one attached hydrogen (secondary N) is 1. The molecule has 0 amide bonds. The Bertz CT molecular complexity index is 962. The van der Waals surface area contributed by atoms with Gasteiger partial charge in [-0.15, -0.1) is 0 Å². The standard InChI is InChI=1S/C19H18N4O4/c1-13-9-18(22-12-17(13)23(24)25)21-11-14-5-4-8-20-19(14)27-16-7-3-6-15(10-16)26-2/h3-10,12H,11H2,1-2H3,(H,21,22). The average Bonchev–Trinajstić information content (AvgIpc) is 2.67. The van der Waals surface area contributed by atoms with Crippen molar-refractivity contribution in [2.45, 2.75) is 13.5 Å². The lowest BCUT2D eigenvalue weighted by Crippen LogP contribution is -2.05. The Labute approximate surface area is 156 Å². The number of rotatable bonds is 7. The zero-order chi connectivity index (χ0) is 19.2. The summed E-state index contributed by atoms with van der Waals surface area (Å²) < 4.78 is 11.1. The summed E-state index contributed by atoms with van der Waals surface area (Å²) in [5.74, 6) is 2.29. The van der Waals surface area contributed by atoms with Gasteiger partial charge in [0, 0.05) is 29.9 Å². The predicted molar refractivity (Wildman–Crippen MR) is 100 cm³/mol. The first-order chi connectivity index (χ1) is 13.1. The van der Waals surface area contributed by atoms with Crippen molar-refractivity contribution in [2.75, 3.05) is 12.4 Å². The van der Waals surface area contributed by atoms with Crippen LogP contribution in [0, 0.1) is 17.0 Å². The number of nitrogens with zero attached hydrogens (tertiary/aromatic N) is 3. The largest absolute Gasteiger partial charge is 0.497 e. The molecular weight excluding hydrogens is 348 g/mol. The van der Waals surface area contributed by atoms with Crippen LogP contribution in [0.15, 0.2) is 54.9 Å². The second-order valence-corrected chi connectivity index (χ2v) is 5.72. The van der Waals surface area contributed by atoms with E-state index >= 15 is 0 Å². The summed E-state index contributed by atoms with van der Waals surface area (Å²) in [6, 6.07) is 12.6. The fraction of sp³-hybridized carbons (Fsp3) is 0.158. The van der Waals surface area contributed by atoms with E-state index in [9.17, 15) is 10.1 Å². The van der Waals surface area contributed by atoms with E-state index in [0.717, 1.165) is 5.56 Å². The van der Waals surface area contributed by atoms with Gasteiger partial charge in [0.15, 0.2) is 0 Å². The lowest BCUT2D eigenvalue weighted by atomic mass is 10.2. The van der Waals surface area contributed by atoms with Crippen LogP contribution in [0.3, 0.4) is 0 Å². The van der Waals surface area contributed by atoms with Crippen molar-refractivity contribution in [3.05, 3.63) is 76.1 Å². The van der Waals surface area contributed by atoms with Crippen LogP contribution in [-0.2, 0) is 6.54 Å². The highest BCUT2D eigenvalue weighted by Crippen LogP contribution is 2.27. The fourth-order valence-electron chi connectivity index (χ4n) is 2.45. The first-order valence-corrected chi connectivity index (χ1v) is 8.17. The Morgan fingerprint density at radius 3 is 2.70 bits per heavy atom. The van der Waals surface area contributed by atoms with Gasteiger partial charge in [-0.1, -0.05) is 12.1 Å². The number of hydrogen-bond donors (Lipinski definition) is 1. The second kappa shape index (κ2) is 8.13. The minimum absolute atomic E-state index is 0.0102. The Morgan fingerprint density at radius 2 is 1.96 bits per heavy atom. The maximum atomic E-state index is 10.9. The summed E-state index contributed by atoms with van der Waals surface area (Å²) >= 11 is 0. The lowest BCUT2D eigenvalue weighted by molar-refractivity contribution is -0.385. The third-order valence-corrected chi connectivity index (χ3v) is 3.85. The monoisotopic (exact) mass is 366 g/mol. The summed E-state index contributed by atoms with van der Waals surface area (Å²) in [6.07, 6.45) is 2.89. The van der Waals surface area contributed by atoms with Gasteiger partial charge < -0.3 is 14.8 Å². The van der Waals surface area contributed by atoms with E-state index < -0.39 is 4.92 Å². The van der Waals surface area contributed by atoms with E-state index in [1.54, 1.807) is 32.4 Å². The summed E-state index contributed by atoms with van der Waals surface area (Å²) in [6.45, 7) is 2.07. The number of nitro groups is 1. The van der Waals surface area contributed by atoms with Gasteiger partial charge >= 0.3 is 0 Å². The molecule has 0 atom stereocenters. The Hall–Kier alpha value is -3.68. The molecule has 0 radical (unpaired) electrons. The lowest BCUT2D eigenvalue weighted by Gasteiger charge is -2.12. The van der Waals surface area contributed by atoms with E-state index in [0.29, 0.717) is 35.3 Å². The molecule has 0 unspecified atom stereocenters. The third kappa shape index (κ3) is 4.49. The fourth-order valence-corrected chi connectivity index (χ4v) is 2.45. The molecule has 1 N–H and O–H groups in total. The molecule has 0 fully saturated rings. The summed E-state index contributed by atoms with van der Waals surface area (Å²) in [5, 5.41) is 14.0. The number of hydrogen-bond acceptors (Lipinski definition) is 7. The average molecular weight is 366 g/mol. The van der Waals surface area contributed by atoms with Crippen molar-refractivity contribution in [2.24, 2.45) is 0 Å². The number of pyridine rings is 2.